The van der Waals surface area contributed by atoms with E-state index in [2.05, 4.69) is 26.1 Å². The highest BCUT2D eigenvalue weighted by Gasteiger charge is 2.17. The second kappa shape index (κ2) is 8.01. The molecule has 0 amide bonds. The van der Waals surface area contributed by atoms with E-state index in [9.17, 15) is 4.39 Å². The lowest BCUT2D eigenvalue weighted by atomic mass is 10.2. The first-order valence-corrected chi connectivity index (χ1v) is 9.50. The summed E-state index contributed by atoms with van der Waals surface area (Å²) in [5, 5.41) is 9.16. The molecule has 1 aromatic heterocycles. The lowest BCUT2D eigenvalue weighted by Crippen LogP contribution is -2.10. The van der Waals surface area contributed by atoms with E-state index in [1.54, 1.807) is 12.1 Å². The van der Waals surface area contributed by atoms with Crippen LogP contribution >= 0.6 is 27.7 Å². The first-order valence-electron chi connectivity index (χ1n) is 7.72. The third kappa shape index (κ3) is 4.41. The van der Waals surface area contributed by atoms with E-state index < -0.39 is 0 Å². The van der Waals surface area contributed by atoms with Crippen LogP contribution in [-0.4, -0.2) is 14.8 Å². The van der Waals surface area contributed by atoms with Gasteiger partial charge < -0.3 is 9.30 Å². The fourth-order valence-electron chi connectivity index (χ4n) is 2.33. The van der Waals surface area contributed by atoms with Crippen molar-refractivity contribution in [1.29, 1.82) is 0 Å². The van der Waals surface area contributed by atoms with Gasteiger partial charge in [-0.3, -0.25) is 0 Å². The number of hydrogen-bond donors (Lipinski definition) is 0. The number of aromatic nitrogens is 3. The van der Waals surface area contributed by atoms with Gasteiger partial charge in [0.15, 0.2) is 17.1 Å². The summed E-state index contributed by atoms with van der Waals surface area (Å²) in [5.41, 5.74) is 0.649. The minimum absolute atomic E-state index is 0.204. The summed E-state index contributed by atoms with van der Waals surface area (Å²) in [4.78, 5) is 0. The van der Waals surface area contributed by atoms with Gasteiger partial charge in [0.2, 0.25) is 0 Å². The van der Waals surface area contributed by atoms with Crippen LogP contribution in [0.1, 0.15) is 24.4 Å². The molecule has 25 heavy (non-hydrogen) atoms. The Morgan fingerprint density at radius 3 is 2.60 bits per heavy atom. The monoisotopic (exact) mass is 421 g/mol. The molecule has 0 saturated carbocycles. The molecule has 1 heterocycles. The van der Waals surface area contributed by atoms with Crippen molar-refractivity contribution in [3.05, 3.63) is 70.2 Å². The molecule has 3 rings (SSSR count). The Morgan fingerprint density at radius 2 is 1.88 bits per heavy atom. The van der Waals surface area contributed by atoms with Gasteiger partial charge in [0.05, 0.1) is 0 Å². The van der Waals surface area contributed by atoms with E-state index in [-0.39, 0.29) is 11.9 Å². The van der Waals surface area contributed by atoms with E-state index >= 15 is 0 Å². The lowest BCUT2D eigenvalue weighted by molar-refractivity contribution is 0.211. The highest BCUT2D eigenvalue weighted by Crippen LogP contribution is 2.26. The van der Waals surface area contributed by atoms with Crippen LogP contribution in [0.15, 0.2) is 58.2 Å². The molecular formula is C18H17BrFN3OS. The van der Waals surface area contributed by atoms with Crippen molar-refractivity contribution >= 4 is 27.7 Å². The summed E-state index contributed by atoms with van der Waals surface area (Å²) < 4.78 is 22.5. The summed E-state index contributed by atoms with van der Waals surface area (Å²) in [5.74, 6) is 1.78. The number of halogens is 2. The van der Waals surface area contributed by atoms with Crippen LogP contribution in [0.5, 0.6) is 5.75 Å². The standard InChI is InChI=1S/C18H17BrFN3OS/c1-12(24-15-9-7-14(19)8-10-15)17-21-22-18(23(17)2)25-11-13-5-3-4-6-16(13)20/h3-10,12H,11H2,1-2H3. The normalized spacial score (nSPS) is 12.2. The molecule has 0 spiro atoms. The Bertz CT molecular complexity index is 854. The molecule has 0 N–H and O–H groups in total. The van der Waals surface area contributed by atoms with Gasteiger partial charge >= 0.3 is 0 Å². The van der Waals surface area contributed by atoms with Crippen LogP contribution < -0.4 is 4.74 Å². The molecule has 0 radical (unpaired) electrons. The second-order valence-electron chi connectivity index (χ2n) is 5.49. The molecule has 0 bridgehead atoms. The van der Waals surface area contributed by atoms with Crippen LogP contribution in [-0.2, 0) is 12.8 Å². The average Bonchev–Trinajstić information content (AvgIpc) is 2.97. The fraction of sp³-hybridized carbons (Fsp3) is 0.222. The molecular weight excluding hydrogens is 405 g/mol. The highest BCUT2D eigenvalue weighted by molar-refractivity contribution is 9.10. The number of hydrogen-bond acceptors (Lipinski definition) is 4. The van der Waals surface area contributed by atoms with Crippen molar-refractivity contribution in [3.63, 3.8) is 0 Å². The van der Waals surface area contributed by atoms with Gasteiger partial charge in [-0.05, 0) is 42.8 Å². The molecule has 0 saturated heterocycles. The summed E-state index contributed by atoms with van der Waals surface area (Å²) in [6.45, 7) is 1.93. The van der Waals surface area contributed by atoms with Gasteiger partial charge in [-0.1, -0.05) is 45.9 Å². The number of nitrogens with zero attached hydrogens (tertiary/aromatic N) is 3. The maximum Gasteiger partial charge on any atom is 0.191 e. The molecule has 2 aromatic carbocycles. The maximum absolute atomic E-state index is 13.7. The van der Waals surface area contributed by atoms with Crippen LogP contribution in [0.4, 0.5) is 4.39 Å². The molecule has 0 fully saturated rings. The van der Waals surface area contributed by atoms with Gasteiger partial charge in [-0.15, -0.1) is 10.2 Å². The number of benzene rings is 2. The first-order chi connectivity index (χ1) is 12.0. The zero-order valence-corrected chi connectivity index (χ0v) is 16.2. The van der Waals surface area contributed by atoms with E-state index in [0.717, 1.165) is 21.2 Å². The Morgan fingerprint density at radius 1 is 1.16 bits per heavy atom. The zero-order chi connectivity index (χ0) is 17.8. The van der Waals surface area contributed by atoms with Gasteiger partial charge in [0.1, 0.15) is 11.6 Å². The molecule has 7 heteroatoms. The molecule has 0 aliphatic carbocycles. The van der Waals surface area contributed by atoms with E-state index in [1.165, 1.54) is 17.8 Å². The quantitative estimate of drug-likeness (QED) is 0.516. The molecule has 1 unspecified atom stereocenters. The summed E-state index contributed by atoms with van der Waals surface area (Å²) in [6, 6.07) is 14.4. The average molecular weight is 422 g/mol. The summed E-state index contributed by atoms with van der Waals surface area (Å²) >= 11 is 4.85. The van der Waals surface area contributed by atoms with Gasteiger partial charge in [-0.25, -0.2) is 4.39 Å². The van der Waals surface area contributed by atoms with Crippen molar-refractivity contribution < 1.29 is 9.13 Å². The van der Waals surface area contributed by atoms with Gasteiger partial charge in [0, 0.05) is 17.3 Å². The van der Waals surface area contributed by atoms with E-state index in [0.29, 0.717) is 11.3 Å². The lowest BCUT2D eigenvalue weighted by Gasteiger charge is -2.14. The SMILES string of the molecule is CC(Oc1ccc(Br)cc1)c1nnc(SCc2ccccc2F)n1C. The van der Waals surface area contributed by atoms with Crippen molar-refractivity contribution in [2.45, 2.75) is 23.9 Å². The smallest absolute Gasteiger partial charge is 0.191 e. The number of ether oxygens (including phenoxy) is 1. The largest absolute Gasteiger partial charge is 0.483 e. The minimum atomic E-state index is -0.249. The Labute approximate surface area is 158 Å². The molecule has 3 aromatic rings. The van der Waals surface area contributed by atoms with Crippen LogP contribution in [0.25, 0.3) is 0 Å². The molecule has 130 valence electrons. The van der Waals surface area contributed by atoms with E-state index in [4.69, 9.17) is 4.74 Å². The zero-order valence-electron chi connectivity index (χ0n) is 13.8. The van der Waals surface area contributed by atoms with Gasteiger partial charge in [0.25, 0.3) is 0 Å². The molecule has 0 aliphatic heterocycles. The number of thioether (sulfide) groups is 1. The van der Waals surface area contributed by atoms with Crippen LogP contribution in [0.2, 0.25) is 0 Å². The second-order valence-corrected chi connectivity index (χ2v) is 7.35. The molecule has 0 aliphatic rings. The third-order valence-electron chi connectivity index (χ3n) is 3.67. The molecule has 1 atom stereocenters. The van der Waals surface area contributed by atoms with Crippen LogP contribution in [0.3, 0.4) is 0 Å². The Hall–Kier alpha value is -1.86. The summed E-state index contributed by atoms with van der Waals surface area (Å²) in [7, 11) is 1.89. The predicted octanol–water partition coefficient (Wildman–Crippen LogP) is 5.15. The predicted molar refractivity (Wildman–Crippen MR) is 100 cm³/mol. The van der Waals surface area contributed by atoms with Crippen molar-refractivity contribution in [3.8, 4) is 5.75 Å². The van der Waals surface area contributed by atoms with Crippen molar-refractivity contribution in [2.24, 2.45) is 7.05 Å². The fourth-order valence-corrected chi connectivity index (χ4v) is 3.50. The Balaban J connectivity index is 1.67. The third-order valence-corrected chi connectivity index (χ3v) is 5.27. The van der Waals surface area contributed by atoms with Gasteiger partial charge in [-0.2, -0.15) is 0 Å². The van der Waals surface area contributed by atoms with Crippen molar-refractivity contribution in [1.82, 2.24) is 14.8 Å². The molecule has 4 nitrogen and oxygen atoms in total. The van der Waals surface area contributed by atoms with E-state index in [1.807, 2.05) is 48.9 Å². The maximum atomic E-state index is 13.7. The van der Waals surface area contributed by atoms with Crippen LogP contribution in [0, 0.1) is 5.82 Å². The highest BCUT2D eigenvalue weighted by atomic mass is 79.9. The number of rotatable bonds is 6. The Kier molecular flexibility index (Phi) is 5.75. The topological polar surface area (TPSA) is 39.9 Å². The minimum Gasteiger partial charge on any atom is -0.483 e. The first kappa shape index (κ1) is 17.9. The van der Waals surface area contributed by atoms with Crippen molar-refractivity contribution in [2.75, 3.05) is 0 Å². The summed E-state index contributed by atoms with van der Waals surface area (Å²) in [6.07, 6.45) is -0.249.